The molecule has 0 aliphatic carbocycles. The third kappa shape index (κ3) is 18.4. The fraction of sp³-hybridized carbons (Fsp3) is 1.00. The molecule has 0 saturated heterocycles. The van der Waals surface area contributed by atoms with E-state index in [1.165, 1.54) is 134 Å². The van der Waals surface area contributed by atoms with Crippen LogP contribution in [0.3, 0.4) is 0 Å². The van der Waals surface area contributed by atoms with E-state index < -0.39 is 7.41 Å². The molecule has 0 rings (SSSR count). The number of rotatable bonds is 22. The number of unbranched alkanes of at least 4 members (excludes halogenated alkanes) is 15. The van der Waals surface area contributed by atoms with Gasteiger partial charge in [0.1, 0.15) is 0 Å². The lowest BCUT2D eigenvalue weighted by Crippen LogP contribution is -2.21. The van der Waals surface area contributed by atoms with Crippen LogP contribution in [0, 0.1) is 0 Å². The zero-order valence-electron chi connectivity index (χ0n) is 20.2. The van der Waals surface area contributed by atoms with Crippen molar-refractivity contribution in [3.63, 3.8) is 0 Å². The second-order valence-corrected chi connectivity index (χ2v) is 12.9. The first-order valence-electron chi connectivity index (χ1n) is 12.8. The Bertz CT molecular complexity index is 245. The minimum absolute atomic E-state index is 0. The maximum atomic E-state index is 3.93. The normalized spacial score (nSPS) is 11.6. The summed E-state index contributed by atoms with van der Waals surface area (Å²) < 4.78 is 0. The molecule has 0 unspecified atom stereocenters. The Balaban J connectivity index is 0. The van der Waals surface area contributed by atoms with Gasteiger partial charge in [-0.2, -0.15) is 5.09 Å². The molecule has 0 aromatic heterocycles. The highest BCUT2D eigenvalue weighted by Crippen LogP contribution is 2.56. The molecular weight excluding hydrogens is 364 g/mol. The summed E-state index contributed by atoms with van der Waals surface area (Å²) in [5, 5.41) is 3.93. The van der Waals surface area contributed by atoms with Crippen molar-refractivity contribution < 1.29 is 4.70 Å². The van der Waals surface area contributed by atoms with Crippen LogP contribution in [0.5, 0.6) is 0 Å². The highest BCUT2D eigenvalue weighted by Gasteiger charge is 2.34. The Morgan fingerprint density at radius 1 is 0.429 bits per heavy atom. The minimum atomic E-state index is -0.894. The smallest absolute Gasteiger partial charge is 0.0796 e. The van der Waals surface area contributed by atoms with Gasteiger partial charge in [0.15, 0.2) is 0 Å². The topological polar surface area (TPSA) is 12.0 Å². The van der Waals surface area contributed by atoms with E-state index in [4.69, 9.17) is 0 Å². The van der Waals surface area contributed by atoms with Gasteiger partial charge in [0, 0.05) is 7.05 Å². The minimum Gasteiger partial charge on any atom is -0.269 e. The SMILES string of the molecule is CCCCCCCC[P+](CCCCCCCC)(CCCCCCCC)NC.F. The van der Waals surface area contributed by atoms with Crippen LogP contribution >= 0.6 is 7.41 Å². The van der Waals surface area contributed by atoms with Gasteiger partial charge in [-0.1, -0.05) is 97.8 Å². The van der Waals surface area contributed by atoms with Crippen molar-refractivity contribution in [1.82, 2.24) is 5.09 Å². The maximum Gasteiger partial charge on any atom is 0.0796 e. The first-order valence-corrected chi connectivity index (χ1v) is 15.1. The van der Waals surface area contributed by atoms with Gasteiger partial charge in [-0.15, -0.1) is 0 Å². The molecule has 0 heterocycles. The van der Waals surface area contributed by atoms with Crippen LogP contribution < -0.4 is 5.09 Å². The lowest BCUT2D eigenvalue weighted by molar-refractivity contribution is 0.614. The van der Waals surface area contributed by atoms with Crippen LogP contribution in [0.4, 0.5) is 4.70 Å². The molecule has 1 nitrogen and oxygen atoms in total. The monoisotopic (exact) mass is 420 g/mol. The number of hydrogen-bond acceptors (Lipinski definition) is 1. The largest absolute Gasteiger partial charge is 0.269 e. The first-order chi connectivity index (χ1) is 13.2. The summed E-state index contributed by atoms with van der Waals surface area (Å²) in [6.07, 6.45) is 30.5. The van der Waals surface area contributed by atoms with Crippen molar-refractivity contribution in [3.8, 4) is 0 Å². The summed E-state index contributed by atoms with van der Waals surface area (Å²) in [5.41, 5.74) is 0. The van der Waals surface area contributed by atoms with Gasteiger partial charge in [-0.25, -0.2) is 0 Å². The lowest BCUT2D eigenvalue weighted by atomic mass is 10.1. The van der Waals surface area contributed by atoms with E-state index in [0.29, 0.717) is 0 Å². The van der Waals surface area contributed by atoms with Crippen LogP contribution in [0.1, 0.15) is 136 Å². The zero-order chi connectivity index (χ0) is 20.1. The molecule has 0 aromatic rings. The average Bonchev–Trinajstić information content (AvgIpc) is 2.69. The van der Waals surface area contributed by atoms with Crippen LogP contribution in [-0.2, 0) is 0 Å². The van der Waals surface area contributed by atoms with Gasteiger partial charge >= 0.3 is 0 Å². The Labute approximate surface area is 179 Å². The molecule has 28 heavy (non-hydrogen) atoms. The van der Waals surface area contributed by atoms with Gasteiger partial charge in [0.25, 0.3) is 0 Å². The quantitative estimate of drug-likeness (QED) is 0.136. The molecule has 0 atom stereocenters. The molecule has 0 radical (unpaired) electrons. The number of halogens is 1. The van der Waals surface area contributed by atoms with Gasteiger partial charge in [0.05, 0.1) is 25.9 Å². The van der Waals surface area contributed by atoms with Crippen molar-refractivity contribution in [3.05, 3.63) is 0 Å². The van der Waals surface area contributed by atoms with Crippen LogP contribution in [0.15, 0.2) is 0 Å². The lowest BCUT2D eigenvalue weighted by Gasteiger charge is -2.27. The summed E-state index contributed by atoms with van der Waals surface area (Å²) in [7, 11) is 1.40. The summed E-state index contributed by atoms with van der Waals surface area (Å²) in [4.78, 5) is 0. The Morgan fingerprint density at radius 3 is 0.929 bits per heavy atom. The number of hydrogen-bond donors (Lipinski definition) is 1. The molecule has 0 amide bonds. The molecule has 0 aliphatic rings. The van der Waals surface area contributed by atoms with Crippen molar-refractivity contribution in [2.24, 2.45) is 0 Å². The third-order valence-electron chi connectivity index (χ3n) is 6.29. The molecule has 3 heteroatoms. The van der Waals surface area contributed by atoms with Gasteiger partial charge in [-0.05, 0) is 38.5 Å². The Morgan fingerprint density at radius 2 is 0.679 bits per heavy atom. The predicted octanol–water partition coefficient (Wildman–Crippen LogP) is 9.37. The molecule has 0 saturated carbocycles. The average molecular weight is 421 g/mol. The fourth-order valence-corrected chi connectivity index (χ4v) is 8.08. The second kappa shape index (κ2) is 23.6. The van der Waals surface area contributed by atoms with Gasteiger partial charge in [-0.3, -0.25) is 4.70 Å². The summed E-state index contributed by atoms with van der Waals surface area (Å²) in [6.45, 7) is 6.95. The van der Waals surface area contributed by atoms with Crippen molar-refractivity contribution in [1.29, 1.82) is 0 Å². The van der Waals surface area contributed by atoms with Crippen molar-refractivity contribution >= 4 is 7.41 Å². The Hall–Kier alpha value is 0.320. The maximum absolute atomic E-state index is 3.93. The van der Waals surface area contributed by atoms with Crippen molar-refractivity contribution in [2.45, 2.75) is 136 Å². The molecule has 1 N–H and O–H groups in total. The van der Waals surface area contributed by atoms with E-state index in [0.717, 1.165) is 0 Å². The molecular formula is C25H56FNP+. The van der Waals surface area contributed by atoms with Gasteiger partial charge in [0.2, 0.25) is 0 Å². The van der Waals surface area contributed by atoms with E-state index >= 15 is 0 Å². The highest BCUT2D eigenvalue weighted by molar-refractivity contribution is 7.73. The fourth-order valence-electron chi connectivity index (χ4n) is 4.26. The van der Waals surface area contributed by atoms with Crippen molar-refractivity contribution in [2.75, 3.05) is 25.5 Å². The second-order valence-electron chi connectivity index (χ2n) is 8.84. The predicted molar refractivity (Wildman–Crippen MR) is 133 cm³/mol. The molecule has 0 aliphatic heterocycles. The van der Waals surface area contributed by atoms with E-state index in [1.54, 1.807) is 0 Å². The summed E-state index contributed by atoms with van der Waals surface area (Å²) in [6, 6.07) is 0. The Kier molecular flexibility index (Phi) is 25.7. The molecule has 0 aromatic carbocycles. The molecule has 0 bridgehead atoms. The first kappa shape index (κ1) is 30.5. The molecule has 172 valence electrons. The number of nitrogens with one attached hydrogen (secondary N) is 1. The van der Waals surface area contributed by atoms with Crippen LogP contribution in [-0.4, -0.2) is 25.5 Å². The van der Waals surface area contributed by atoms with Gasteiger partial charge < -0.3 is 0 Å². The van der Waals surface area contributed by atoms with Crippen LogP contribution in [0.25, 0.3) is 0 Å². The summed E-state index contributed by atoms with van der Waals surface area (Å²) in [5.74, 6) is 0. The van der Waals surface area contributed by atoms with Crippen LogP contribution in [0.2, 0.25) is 0 Å². The zero-order valence-corrected chi connectivity index (χ0v) is 21.1. The van der Waals surface area contributed by atoms with E-state index in [1.807, 2.05) is 0 Å². The van der Waals surface area contributed by atoms with E-state index in [-0.39, 0.29) is 4.70 Å². The standard InChI is InChI=1S/C25H55NP.FH/c1-5-8-11-14-17-20-23-27(26-4,24-21-18-15-12-9-6-2)25-22-19-16-13-10-7-3;/h26H,5-25H2,1-4H3;1H/q+1;. The highest BCUT2D eigenvalue weighted by atomic mass is 31.2. The third-order valence-corrected chi connectivity index (χ3v) is 10.8. The summed E-state index contributed by atoms with van der Waals surface area (Å²) >= 11 is 0. The molecule has 0 fully saturated rings. The molecule has 0 spiro atoms. The van der Waals surface area contributed by atoms with E-state index in [9.17, 15) is 0 Å². The van der Waals surface area contributed by atoms with E-state index in [2.05, 4.69) is 32.9 Å².